The fourth-order valence-electron chi connectivity index (χ4n) is 4.02. The summed E-state index contributed by atoms with van der Waals surface area (Å²) >= 11 is 15.3. The van der Waals surface area contributed by atoms with Gasteiger partial charge >= 0.3 is 0 Å². The van der Waals surface area contributed by atoms with Crippen molar-refractivity contribution in [2.75, 3.05) is 11.5 Å². The van der Waals surface area contributed by atoms with Gasteiger partial charge in [0, 0.05) is 32.3 Å². The first kappa shape index (κ1) is 26.4. The van der Waals surface area contributed by atoms with E-state index in [1.165, 1.54) is 57.8 Å². The molecule has 2 heterocycles. The van der Waals surface area contributed by atoms with Gasteiger partial charge in [-0.15, -0.1) is 23.5 Å². The number of nitrogens with zero attached hydrogens (tertiary/aromatic N) is 2. The van der Waals surface area contributed by atoms with Gasteiger partial charge in [-0.05, 0) is 36.4 Å². The third-order valence-electron chi connectivity index (χ3n) is 5.93. The predicted octanol–water partition coefficient (Wildman–Crippen LogP) is 4.83. The maximum Gasteiger partial charge on any atom is 0.269 e. The molecular formula is C26H20Cl2N4O4S2. The lowest BCUT2D eigenvalue weighted by atomic mass is 10.1. The average Bonchev–Trinajstić information content (AvgIpc) is 3.46. The quantitative estimate of drug-likeness (QED) is 0.429. The average molecular weight is 588 g/mol. The van der Waals surface area contributed by atoms with Gasteiger partial charge in [0.1, 0.15) is 10.7 Å². The van der Waals surface area contributed by atoms with Gasteiger partial charge in [0.25, 0.3) is 23.6 Å². The minimum absolute atomic E-state index is 0.206. The number of hydrogen-bond donors (Lipinski definition) is 2. The number of hydrazine groups is 2. The molecule has 2 saturated heterocycles. The number of nitrogens with one attached hydrogen (secondary N) is 2. The van der Waals surface area contributed by atoms with Crippen molar-refractivity contribution < 1.29 is 19.2 Å². The van der Waals surface area contributed by atoms with Crippen LogP contribution in [-0.4, -0.2) is 45.2 Å². The Morgan fingerprint density at radius 2 is 1.03 bits per heavy atom. The number of carbonyl (C=O) groups excluding carboxylic acids is 4. The van der Waals surface area contributed by atoms with E-state index < -0.39 is 22.6 Å². The number of amides is 4. The summed E-state index contributed by atoms with van der Waals surface area (Å²) in [5, 5.41) is 2.65. The number of benzene rings is 3. The topological polar surface area (TPSA) is 98.8 Å². The van der Waals surface area contributed by atoms with Crippen LogP contribution in [0.4, 0.5) is 0 Å². The van der Waals surface area contributed by atoms with E-state index >= 15 is 0 Å². The van der Waals surface area contributed by atoms with Gasteiger partial charge in [0.05, 0.1) is 11.5 Å². The third kappa shape index (κ3) is 5.35. The maximum absolute atomic E-state index is 12.9. The van der Waals surface area contributed by atoms with Crippen molar-refractivity contribution in [1.29, 1.82) is 0 Å². The normalized spacial score (nSPS) is 19.1. The van der Waals surface area contributed by atoms with E-state index in [9.17, 15) is 19.2 Å². The number of halogens is 2. The molecule has 0 bridgehead atoms. The Kier molecular flexibility index (Phi) is 7.85. The van der Waals surface area contributed by atoms with Crippen LogP contribution in [0.2, 0.25) is 10.0 Å². The second-order valence-corrected chi connectivity index (χ2v) is 11.3. The van der Waals surface area contributed by atoms with Crippen LogP contribution in [0, 0.1) is 0 Å². The zero-order valence-electron chi connectivity index (χ0n) is 19.6. The van der Waals surface area contributed by atoms with Crippen LogP contribution < -0.4 is 10.9 Å². The summed E-state index contributed by atoms with van der Waals surface area (Å²) in [5.41, 5.74) is 7.28. The molecule has 38 heavy (non-hydrogen) atoms. The molecule has 12 heteroatoms. The standard InChI is InChI=1S/C26H20Cl2N4O4S2/c27-19-7-3-1-5-17(19)25-31(21(33)13-37-25)29-23(35)15-9-11-16(12-10-15)24(36)30-32-22(34)14-38-26(32)18-6-2-4-8-20(18)28/h1-12,25-26H,13-14H2,(H,29,35)(H,30,36). The van der Waals surface area contributed by atoms with E-state index in [1.54, 1.807) is 24.3 Å². The van der Waals surface area contributed by atoms with Crippen LogP contribution in [0.5, 0.6) is 0 Å². The monoisotopic (exact) mass is 586 g/mol. The Morgan fingerprint density at radius 1 is 0.658 bits per heavy atom. The molecule has 5 rings (SSSR count). The van der Waals surface area contributed by atoms with E-state index in [4.69, 9.17) is 23.2 Å². The van der Waals surface area contributed by atoms with Gasteiger partial charge in [-0.3, -0.25) is 30.0 Å². The van der Waals surface area contributed by atoms with Crippen molar-refractivity contribution in [3.8, 4) is 0 Å². The number of rotatable bonds is 6. The van der Waals surface area contributed by atoms with E-state index in [0.717, 1.165) is 11.1 Å². The summed E-state index contributed by atoms with van der Waals surface area (Å²) in [4.78, 5) is 50.8. The molecule has 2 atom stereocenters. The Bertz CT molecular complexity index is 1320. The highest BCUT2D eigenvalue weighted by Crippen LogP contribution is 2.41. The molecule has 0 aromatic heterocycles. The molecule has 2 N–H and O–H groups in total. The predicted molar refractivity (Wildman–Crippen MR) is 148 cm³/mol. The van der Waals surface area contributed by atoms with Gasteiger partial charge in [-0.1, -0.05) is 59.6 Å². The summed E-state index contributed by atoms with van der Waals surface area (Å²) in [6.45, 7) is 0. The van der Waals surface area contributed by atoms with Crippen LogP contribution >= 0.6 is 46.7 Å². The van der Waals surface area contributed by atoms with Crippen molar-refractivity contribution in [3.05, 3.63) is 105 Å². The van der Waals surface area contributed by atoms with Crippen molar-refractivity contribution in [2.24, 2.45) is 0 Å². The first-order chi connectivity index (χ1) is 18.3. The van der Waals surface area contributed by atoms with Crippen molar-refractivity contribution in [1.82, 2.24) is 20.9 Å². The lowest BCUT2D eigenvalue weighted by Crippen LogP contribution is -2.45. The molecule has 0 spiro atoms. The second-order valence-electron chi connectivity index (χ2n) is 8.36. The molecule has 0 aliphatic carbocycles. The molecular weight excluding hydrogens is 567 g/mol. The lowest BCUT2D eigenvalue weighted by molar-refractivity contribution is -0.131. The molecule has 3 aromatic carbocycles. The fourth-order valence-corrected chi connectivity index (χ4v) is 6.92. The zero-order chi connectivity index (χ0) is 26.8. The van der Waals surface area contributed by atoms with Crippen molar-refractivity contribution >= 4 is 70.4 Å². The Morgan fingerprint density at radius 3 is 1.39 bits per heavy atom. The molecule has 4 amide bonds. The van der Waals surface area contributed by atoms with Gasteiger partial charge in [0.15, 0.2) is 0 Å². The third-order valence-corrected chi connectivity index (χ3v) is 9.01. The Hall–Kier alpha value is -3.18. The second kappa shape index (κ2) is 11.3. The minimum atomic E-state index is -0.505. The Balaban J connectivity index is 1.26. The van der Waals surface area contributed by atoms with E-state index in [1.807, 2.05) is 24.3 Å². The summed E-state index contributed by atoms with van der Waals surface area (Å²) < 4.78 is 0. The first-order valence-electron chi connectivity index (χ1n) is 11.4. The molecule has 0 saturated carbocycles. The highest BCUT2D eigenvalue weighted by Gasteiger charge is 2.37. The molecule has 0 radical (unpaired) electrons. The summed E-state index contributed by atoms with van der Waals surface area (Å²) in [6, 6.07) is 20.2. The largest absolute Gasteiger partial charge is 0.272 e. The molecule has 8 nitrogen and oxygen atoms in total. The van der Waals surface area contributed by atoms with Crippen molar-refractivity contribution in [2.45, 2.75) is 10.7 Å². The summed E-state index contributed by atoms with van der Waals surface area (Å²) in [6.07, 6.45) is 0. The number of carbonyl (C=O) groups is 4. The van der Waals surface area contributed by atoms with Gasteiger partial charge in [0.2, 0.25) is 0 Å². The molecule has 2 fully saturated rings. The number of hydrogen-bond acceptors (Lipinski definition) is 6. The first-order valence-corrected chi connectivity index (χ1v) is 14.3. The SMILES string of the molecule is O=C(NN1C(=O)CSC1c1ccccc1Cl)c1ccc(C(=O)NN2C(=O)CSC2c2ccccc2Cl)cc1. The lowest BCUT2D eigenvalue weighted by Gasteiger charge is -2.25. The van der Waals surface area contributed by atoms with E-state index in [2.05, 4.69) is 10.9 Å². The fraction of sp³-hybridized carbons (Fsp3) is 0.154. The highest BCUT2D eigenvalue weighted by atomic mass is 35.5. The van der Waals surface area contributed by atoms with Gasteiger partial charge in [-0.25, -0.2) is 10.0 Å². The van der Waals surface area contributed by atoms with Crippen LogP contribution in [0.25, 0.3) is 0 Å². The summed E-state index contributed by atoms with van der Waals surface area (Å²) in [7, 11) is 0. The zero-order valence-corrected chi connectivity index (χ0v) is 22.7. The smallest absolute Gasteiger partial charge is 0.269 e. The van der Waals surface area contributed by atoms with Crippen LogP contribution in [0.1, 0.15) is 42.6 Å². The molecule has 2 unspecified atom stereocenters. The van der Waals surface area contributed by atoms with E-state index in [-0.39, 0.29) is 34.4 Å². The van der Waals surface area contributed by atoms with Crippen molar-refractivity contribution in [3.63, 3.8) is 0 Å². The van der Waals surface area contributed by atoms with Gasteiger partial charge in [-0.2, -0.15) is 0 Å². The van der Waals surface area contributed by atoms with E-state index in [0.29, 0.717) is 10.0 Å². The molecule has 194 valence electrons. The molecule has 2 aliphatic rings. The maximum atomic E-state index is 12.9. The summed E-state index contributed by atoms with van der Waals surface area (Å²) in [5.74, 6) is -1.09. The Labute approximate surface area is 237 Å². The highest BCUT2D eigenvalue weighted by molar-refractivity contribution is 8.00. The minimum Gasteiger partial charge on any atom is -0.272 e. The van der Waals surface area contributed by atoms with Crippen LogP contribution in [-0.2, 0) is 9.59 Å². The van der Waals surface area contributed by atoms with Crippen LogP contribution in [0.3, 0.4) is 0 Å². The molecule has 3 aromatic rings. The molecule has 2 aliphatic heterocycles. The van der Waals surface area contributed by atoms with Gasteiger partial charge < -0.3 is 0 Å². The van der Waals surface area contributed by atoms with Crippen LogP contribution in [0.15, 0.2) is 72.8 Å². The number of thioether (sulfide) groups is 2.